The molecule has 19 heavy (non-hydrogen) atoms. The molecule has 0 aliphatic carbocycles. The summed E-state index contributed by atoms with van der Waals surface area (Å²) in [5.74, 6) is -1.12. The molecule has 0 bridgehead atoms. The second-order valence-corrected chi connectivity index (χ2v) is 3.65. The van der Waals surface area contributed by atoms with Crippen molar-refractivity contribution < 1.29 is 18.8 Å². The molecule has 0 aliphatic heterocycles. The van der Waals surface area contributed by atoms with Gasteiger partial charge in [0.25, 0.3) is 5.69 Å². The van der Waals surface area contributed by atoms with E-state index in [0.717, 1.165) is 6.07 Å². The van der Waals surface area contributed by atoms with Crippen LogP contribution >= 0.6 is 0 Å². The summed E-state index contributed by atoms with van der Waals surface area (Å²) in [5.41, 5.74) is -0.0380. The molecule has 0 heterocycles. The van der Waals surface area contributed by atoms with Crippen molar-refractivity contribution in [3.05, 3.63) is 70.0 Å². The van der Waals surface area contributed by atoms with Gasteiger partial charge in [0.05, 0.1) is 10.5 Å². The normalized spacial score (nSPS) is 9.95. The minimum atomic E-state index is -0.728. The SMILES string of the molecule is O=C(Oc1ccc([N+](=O)[O-])cc1)c1cccc(F)c1. The summed E-state index contributed by atoms with van der Waals surface area (Å²) >= 11 is 0. The van der Waals surface area contributed by atoms with Crippen LogP contribution in [0.15, 0.2) is 48.5 Å². The van der Waals surface area contributed by atoms with Gasteiger partial charge in [-0.25, -0.2) is 9.18 Å². The van der Waals surface area contributed by atoms with Gasteiger partial charge in [-0.1, -0.05) is 6.07 Å². The number of benzene rings is 2. The van der Waals surface area contributed by atoms with Crippen LogP contribution in [0.4, 0.5) is 10.1 Å². The molecule has 0 spiro atoms. The maximum absolute atomic E-state index is 12.9. The van der Waals surface area contributed by atoms with Crippen molar-refractivity contribution >= 4 is 11.7 Å². The van der Waals surface area contributed by atoms with Gasteiger partial charge in [-0.2, -0.15) is 0 Å². The topological polar surface area (TPSA) is 69.4 Å². The number of esters is 1. The van der Waals surface area contributed by atoms with Crippen LogP contribution in [0, 0.1) is 15.9 Å². The molecule has 0 amide bonds. The Morgan fingerprint density at radius 1 is 1.16 bits per heavy atom. The molecule has 2 aromatic carbocycles. The lowest BCUT2D eigenvalue weighted by molar-refractivity contribution is -0.384. The highest BCUT2D eigenvalue weighted by Crippen LogP contribution is 2.18. The molecular formula is C13H8FNO4. The number of nitro benzene ring substituents is 1. The molecule has 2 aromatic rings. The largest absolute Gasteiger partial charge is 0.423 e. The van der Waals surface area contributed by atoms with Crippen molar-refractivity contribution in [1.29, 1.82) is 0 Å². The first kappa shape index (κ1) is 12.7. The van der Waals surface area contributed by atoms with E-state index in [4.69, 9.17) is 4.74 Å². The summed E-state index contributed by atoms with van der Waals surface area (Å²) in [4.78, 5) is 21.6. The number of halogens is 1. The van der Waals surface area contributed by atoms with E-state index in [0.29, 0.717) is 0 Å². The molecule has 0 N–H and O–H groups in total. The van der Waals surface area contributed by atoms with Crippen LogP contribution in [-0.4, -0.2) is 10.9 Å². The molecule has 0 aliphatic rings. The van der Waals surface area contributed by atoms with E-state index in [2.05, 4.69) is 0 Å². The molecule has 0 radical (unpaired) electrons. The summed E-state index contributed by atoms with van der Waals surface area (Å²) in [7, 11) is 0. The van der Waals surface area contributed by atoms with E-state index in [1.165, 1.54) is 42.5 Å². The highest BCUT2D eigenvalue weighted by molar-refractivity contribution is 5.91. The molecule has 96 valence electrons. The Morgan fingerprint density at radius 2 is 1.84 bits per heavy atom. The Kier molecular flexibility index (Phi) is 3.51. The van der Waals surface area contributed by atoms with E-state index in [1.54, 1.807) is 0 Å². The molecule has 0 atom stereocenters. The average Bonchev–Trinajstić information content (AvgIpc) is 2.39. The number of nitrogens with zero attached hydrogens (tertiary/aromatic N) is 1. The van der Waals surface area contributed by atoms with E-state index in [-0.39, 0.29) is 17.0 Å². The number of carbonyl (C=O) groups is 1. The Bertz CT molecular complexity index is 625. The van der Waals surface area contributed by atoms with Gasteiger partial charge in [-0.3, -0.25) is 10.1 Å². The zero-order valence-electron chi connectivity index (χ0n) is 9.58. The van der Waals surface area contributed by atoms with Gasteiger partial charge in [0, 0.05) is 12.1 Å². The van der Waals surface area contributed by atoms with Crippen LogP contribution in [0.1, 0.15) is 10.4 Å². The Hall–Kier alpha value is -2.76. The van der Waals surface area contributed by atoms with Gasteiger partial charge >= 0.3 is 5.97 Å². The number of rotatable bonds is 3. The Balaban J connectivity index is 2.13. The van der Waals surface area contributed by atoms with E-state index < -0.39 is 16.7 Å². The summed E-state index contributed by atoms with van der Waals surface area (Å²) in [6, 6.07) is 10.1. The monoisotopic (exact) mass is 261 g/mol. The van der Waals surface area contributed by atoms with Gasteiger partial charge in [0.1, 0.15) is 11.6 Å². The quantitative estimate of drug-likeness (QED) is 0.368. The lowest BCUT2D eigenvalue weighted by Gasteiger charge is -2.03. The second-order valence-electron chi connectivity index (χ2n) is 3.65. The molecule has 0 fully saturated rings. The zero-order chi connectivity index (χ0) is 13.8. The minimum Gasteiger partial charge on any atom is -0.423 e. The molecule has 0 saturated carbocycles. The third-order valence-corrected chi connectivity index (χ3v) is 2.32. The zero-order valence-corrected chi connectivity index (χ0v) is 9.58. The smallest absolute Gasteiger partial charge is 0.343 e. The van der Waals surface area contributed by atoms with Crippen LogP contribution < -0.4 is 4.74 Å². The molecule has 2 rings (SSSR count). The fourth-order valence-electron chi connectivity index (χ4n) is 1.42. The Labute approximate surface area is 107 Å². The molecule has 0 aromatic heterocycles. The van der Waals surface area contributed by atoms with E-state index >= 15 is 0 Å². The average molecular weight is 261 g/mol. The number of ether oxygens (including phenoxy) is 1. The van der Waals surface area contributed by atoms with Crippen molar-refractivity contribution in [1.82, 2.24) is 0 Å². The minimum absolute atomic E-state index is 0.0679. The highest BCUT2D eigenvalue weighted by atomic mass is 19.1. The van der Waals surface area contributed by atoms with E-state index in [9.17, 15) is 19.3 Å². The van der Waals surface area contributed by atoms with Gasteiger partial charge in [0.15, 0.2) is 0 Å². The maximum Gasteiger partial charge on any atom is 0.343 e. The summed E-state index contributed by atoms with van der Waals surface area (Å²) in [5, 5.41) is 10.4. The second kappa shape index (κ2) is 5.26. The summed E-state index contributed by atoms with van der Waals surface area (Å²) < 4.78 is 17.9. The first-order valence-corrected chi connectivity index (χ1v) is 5.28. The predicted octanol–water partition coefficient (Wildman–Crippen LogP) is 2.95. The van der Waals surface area contributed by atoms with Crippen LogP contribution in [0.2, 0.25) is 0 Å². The number of hydrogen-bond acceptors (Lipinski definition) is 4. The van der Waals surface area contributed by atoms with Gasteiger partial charge in [-0.15, -0.1) is 0 Å². The molecular weight excluding hydrogens is 253 g/mol. The number of non-ortho nitro benzene ring substituents is 1. The summed E-state index contributed by atoms with van der Waals surface area (Å²) in [6.07, 6.45) is 0. The highest BCUT2D eigenvalue weighted by Gasteiger charge is 2.10. The van der Waals surface area contributed by atoms with Crippen LogP contribution in [0.5, 0.6) is 5.75 Å². The van der Waals surface area contributed by atoms with Crippen molar-refractivity contribution in [3.8, 4) is 5.75 Å². The lowest BCUT2D eigenvalue weighted by Crippen LogP contribution is -2.08. The fourth-order valence-corrected chi connectivity index (χ4v) is 1.42. The van der Waals surface area contributed by atoms with E-state index in [1.807, 2.05) is 0 Å². The standard InChI is InChI=1S/C13H8FNO4/c14-10-3-1-2-9(8-10)13(16)19-12-6-4-11(5-7-12)15(17)18/h1-8H. The first-order chi connectivity index (χ1) is 9.06. The first-order valence-electron chi connectivity index (χ1n) is 5.28. The fraction of sp³-hybridized carbons (Fsp3) is 0. The van der Waals surface area contributed by atoms with Crippen LogP contribution in [-0.2, 0) is 0 Å². The van der Waals surface area contributed by atoms with Crippen molar-refractivity contribution in [2.24, 2.45) is 0 Å². The van der Waals surface area contributed by atoms with Crippen molar-refractivity contribution in [3.63, 3.8) is 0 Å². The number of carbonyl (C=O) groups excluding carboxylic acids is 1. The predicted molar refractivity (Wildman–Crippen MR) is 64.5 cm³/mol. The summed E-state index contributed by atoms with van der Waals surface area (Å²) in [6.45, 7) is 0. The van der Waals surface area contributed by atoms with Crippen LogP contribution in [0.3, 0.4) is 0 Å². The molecule has 5 nitrogen and oxygen atoms in total. The van der Waals surface area contributed by atoms with Gasteiger partial charge in [-0.05, 0) is 30.3 Å². The third-order valence-electron chi connectivity index (χ3n) is 2.32. The van der Waals surface area contributed by atoms with Crippen molar-refractivity contribution in [2.75, 3.05) is 0 Å². The number of nitro groups is 1. The van der Waals surface area contributed by atoms with Crippen LogP contribution in [0.25, 0.3) is 0 Å². The van der Waals surface area contributed by atoms with Gasteiger partial charge in [0.2, 0.25) is 0 Å². The molecule has 0 unspecified atom stereocenters. The maximum atomic E-state index is 12.9. The molecule has 0 saturated heterocycles. The Morgan fingerprint density at radius 3 is 2.42 bits per heavy atom. The van der Waals surface area contributed by atoms with Gasteiger partial charge < -0.3 is 4.74 Å². The van der Waals surface area contributed by atoms with Crippen molar-refractivity contribution in [2.45, 2.75) is 0 Å². The third kappa shape index (κ3) is 3.12. The molecule has 6 heteroatoms. The lowest BCUT2D eigenvalue weighted by atomic mass is 10.2. The number of hydrogen-bond donors (Lipinski definition) is 0.